The highest BCUT2D eigenvalue weighted by Crippen LogP contribution is 2.34. The number of ether oxygens (including phenoxy) is 1. The summed E-state index contributed by atoms with van der Waals surface area (Å²) in [7, 11) is 0. The summed E-state index contributed by atoms with van der Waals surface area (Å²) < 4.78 is 5.97. The molecule has 2 aromatic carbocycles. The van der Waals surface area contributed by atoms with E-state index in [0.717, 1.165) is 25.3 Å². The third-order valence-corrected chi connectivity index (χ3v) is 4.74. The van der Waals surface area contributed by atoms with Gasteiger partial charge in [0.15, 0.2) is 0 Å². The summed E-state index contributed by atoms with van der Waals surface area (Å²) in [5.41, 5.74) is 3.26. The zero-order chi connectivity index (χ0) is 17.6. The summed E-state index contributed by atoms with van der Waals surface area (Å²) >= 11 is 0. The Kier molecular flexibility index (Phi) is 5.84. The fraction of sp³-hybridized carbons (Fsp3) is 0.381. The van der Waals surface area contributed by atoms with Gasteiger partial charge in [-0.15, -0.1) is 0 Å². The van der Waals surface area contributed by atoms with E-state index >= 15 is 0 Å². The second-order valence-corrected chi connectivity index (χ2v) is 6.69. The van der Waals surface area contributed by atoms with Crippen LogP contribution in [-0.2, 0) is 9.53 Å². The molecule has 2 aromatic rings. The minimum absolute atomic E-state index is 0.0495. The lowest BCUT2D eigenvalue weighted by Gasteiger charge is -2.22. The average molecular weight is 338 g/mol. The van der Waals surface area contributed by atoms with Gasteiger partial charge in [0.2, 0.25) is 5.91 Å². The molecule has 3 rings (SSSR count). The molecule has 0 bridgehead atoms. The summed E-state index contributed by atoms with van der Waals surface area (Å²) in [6, 6.07) is 18.7. The molecule has 4 heteroatoms. The highest BCUT2D eigenvalue weighted by atomic mass is 16.5. The Morgan fingerprint density at radius 3 is 2.76 bits per heavy atom. The second-order valence-electron chi connectivity index (χ2n) is 6.69. The van der Waals surface area contributed by atoms with Crippen LogP contribution in [-0.4, -0.2) is 19.1 Å². The van der Waals surface area contributed by atoms with Crippen LogP contribution in [0.25, 0.3) is 0 Å². The lowest BCUT2D eigenvalue weighted by molar-refractivity contribution is -0.114. The standard InChI is InChI=1S/C21H26N2O2/c1-15(18-9-6-10-20(13-18)23-16(2)24)22-14-19-11-12-25-21(19)17-7-4-3-5-8-17/h3-10,13,15,19,21-22H,11-12,14H2,1-2H3,(H,23,24)/t15-,19+,21-/m0/s1. The van der Waals surface area contributed by atoms with Gasteiger partial charge in [0.1, 0.15) is 0 Å². The molecule has 0 spiro atoms. The van der Waals surface area contributed by atoms with Gasteiger partial charge in [0, 0.05) is 37.7 Å². The Hall–Kier alpha value is -2.17. The lowest BCUT2D eigenvalue weighted by atomic mass is 9.94. The third-order valence-electron chi connectivity index (χ3n) is 4.74. The van der Waals surface area contributed by atoms with Gasteiger partial charge in [-0.05, 0) is 36.6 Å². The highest BCUT2D eigenvalue weighted by molar-refractivity contribution is 5.88. The van der Waals surface area contributed by atoms with Crippen LogP contribution in [0.3, 0.4) is 0 Å². The minimum Gasteiger partial charge on any atom is -0.373 e. The molecule has 0 saturated carbocycles. The van der Waals surface area contributed by atoms with Crippen LogP contribution in [0, 0.1) is 5.92 Å². The van der Waals surface area contributed by atoms with Gasteiger partial charge in [0.25, 0.3) is 0 Å². The summed E-state index contributed by atoms with van der Waals surface area (Å²) in [5.74, 6) is 0.426. The number of amides is 1. The van der Waals surface area contributed by atoms with Crippen molar-refractivity contribution < 1.29 is 9.53 Å². The maximum Gasteiger partial charge on any atom is 0.221 e. The molecule has 132 valence electrons. The molecule has 0 aromatic heterocycles. The first-order chi connectivity index (χ1) is 12.1. The van der Waals surface area contributed by atoms with Crippen molar-refractivity contribution in [3.8, 4) is 0 Å². The zero-order valence-electron chi connectivity index (χ0n) is 14.9. The molecule has 0 radical (unpaired) electrons. The number of benzene rings is 2. The molecule has 1 aliphatic rings. The maximum absolute atomic E-state index is 11.2. The molecular weight excluding hydrogens is 312 g/mol. The molecular formula is C21H26N2O2. The number of nitrogens with one attached hydrogen (secondary N) is 2. The smallest absolute Gasteiger partial charge is 0.221 e. The van der Waals surface area contributed by atoms with Gasteiger partial charge in [-0.1, -0.05) is 42.5 Å². The van der Waals surface area contributed by atoms with Crippen molar-refractivity contribution in [1.29, 1.82) is 0 Å². The van der Waals surface area contributed by atoms with E-state index in [4.69, 9.17) is 4.74 Å². The van der Waals surface area contributed by atoms with E-state index in [-0.39, 0.29) is 18.1 Å². The number of carbonyl (C=O) groups excluding carboxylic acids is 1. The fourth-order valence-corrected chi connectivity index (χ4v) is 3.39. The van der Waals surface area contributed by atoms with E-state index in [0.29, 0.717) is 5.92 Å². The first kappa shape index (κ1) is 17.6. The predicted molar refractivity (Wildman–Crippen MR) is 100 cm³/mol. The van der Waals surface area contributed by atoms with E-state index < -0.39 is 0 Å². The van der Waals surface area contributed by atoms with Crippen LogP contribution in [0.4, 0.5) is 5.69 Å². The van der Waals surface area contributed by atoms with Crippen molar-refractivity contribution in [1.82, 2.24) is 5.32 Å². The van der Waals surface area contributed by atoms with Crippen LogP contribution < -0.4 is 10.6 Å². The number of hydrogen-bond acceptors (Lipinski definition) is 3. The van der Waals surface area contributed by atoms with Gasteiger partial charge < -0.3 is 15.4 Å². The lowest BCUT2D eigenvalue weighted by Crippen LogP contribution is -2.27. The van der Waals surface area contributed by atoms with Crippen LogP contribution in [0.15, 0.2) is 54.6 Å². The Morgan fingerprint density at radius 1 is 1.20 bits per heavy atom. The van der Waals surface area contributed by atoms with Crippen molar-refractivity contribution in [3.05, 3.63) is 65.7 Å². The molecule has 3 atom stereocenters. The van der Waals surface area contributed by atoms with Crippen LogP contribution in [0.1, 0.15) is 43.5 Å². The zero-order valence-corrected chi connectivity index (χ0v) is 14.9. The van der Waals surface area contributed by atoms with Gasteiger partial charge in [0.05, 0.1) is 6.10 Å². The van der Waals surface area contributed by atoms with Gasteiger partial charge in [-0.3, -0.25) is 4.79 Å². The second kappa shape index (κ2) is 8.28. The van der Waals surface area contributed by atoms with Crippen LogP contribution >= 0.6 is 0 Å². The quantitative estimate of drug-likeness (QED) is 0.835. The van der Waals surface area contributed by atoms with Crippen LogP contribution in [0.5, 0.6) is 0 Å². The van der Waals surface area contributed by atoms with Crippen LogP contribution in [0.2, 0.25) is 0 Å². The molecule has 0 aliphatic carbocycles. The molecule has 2 N–H and O–H groups in total. The number of rotatable bonds is 6. The van der Waals surface area contributed by atoms with Crippen molar-refractivity contribution >= 4 is 11.6 Å². The van der Waals surface area contributed by atoms with E-state index in [9.17, 15) is 4.79 Å². The van der Waals surface area contributed by atoms with Crippen molar-refractivity contribution in [3.63, 3.8) is 0 Å². The molecule has 25 heavy (non-hydrogen) atoms. The third kappa shape index (κ3) is 4.68. The Labute approximate surface area is 149 Å². The summed E-state index contributed by atoms with van der Waals surface area (Å²) in [4.78, 5) is 11.2. The van der Waals surface area contributed by atoms with E-state index in [1.165, 1.54) is 18.1 Å². The van der Waals surface area contributed by atoms with Crippen molar-refractivity contribution in [2.75, 3.05) is 18.5 Å². The van der Waals surface area contributed by atoms with Crippen molar-refractivity contribution in [2.24, 2.45) is 5.92 Å². The Balaban J connectivity index is 1.60. The first-order valence-corrected chi connectivity index (χ1v) is 8.91. The predicted octanol–water partition coefficient (Wildman–Crippen LogP) is 4.07. The minimum atomic E-state index is -0.0495. The summed E-state index contributed by atoms with van der Waals surface area (Å²) in [6.45, 7) is 5.40. The number of anilines is 1. The fourth-order valence-electron chi connectivity index (χ4n) is 3.39. The van der Waals surface area contributed by atoms with Gasteiger partial charge >= 0.3 is 0 Å². The normalized spacial score (nSPS) is 21.0. The monoisotopic (exact) mass is 338 g/mol. The van der Waals surface area contributed by atoms with Gasteiger partial charge in [-0.2, -0.15) is 0 Å². The Morgan fingerprint density at radius 2 is 2.00 bits per heavy atom. The Bertz CT molecular complexity index is 702. The topological polar surface area (TPSA) is 50.4 Å². The summed E-state index contributed by atoms with van der Waals surface area (Å²) in [6.07, 6.45) is 1.25. The molecule has 1 amide bonds. The molecule has 1 aliphatic heterocycles. The number of carbonyl (C=O) groups is 1. The SMILES string of the molecule is CC(=O)Nc1cccc([C@H](C)NC[C@H]2CCO[C@H]2c2ccccc2)c1. The van der Waals surface area contributed by atoms with E-state index in [1.807, 2.05) is 24.3 Å². The molecule has 1 saturated heterocycles. The molecule has 0 unspecified atom stereocenters. The van der Waals surface area contributed by atoms with E-state index in [1.54, 1.807) is 0 Å². The molecule has 1 heterocycles. The highest BCUT2D eigenvalue weighted by Gasteiger charge is 2.29. The number of hydrogen-bond donors (Lipinski definition) is 2. The van der Waals surface area contributed by atoms with Crippen molar-refractivity contribution in [2.45, 2.75) is 32.4 Å². The largest absolute Gasteiger partial charge is 0.373 e. The molecule has 1 fully saturated rings. The summed E-state index contributed by atoms with van der Waals surface area (Å²) in [5, 5.41) is 6.47. The average Bonchev–Trinajstić information content (AvgIpc) is 3.08. The molecule has 4 nitrogen and oxygen atoms in total. The first-order valence-electron chi connectivity index (χ1n) is 8.91. The maximum atomic E-state index is 11.2. The van der Waals surface area contributed by atoms with Gasteiger partial charge in [-0.25, -0.2) is 0 Å². The van der Waals surface area contributed by atoms with E-state index in [2.05, 4.69) is 47.9 Å².